The Bertz CT molecular complexity index is 1230. The Balaban J connectivity index is 1.61. The normalized spacial score (nSPS) is 12.5. The van der Waals surface area contributed by atoms with E-state index >= 15 is 0 Å². The maximum absolute atomic E-state index is 13.0. The summed E-state index contributed by atoms with van der Waals surface area (Å²) in [6.45, 7) is 7.98. The van der Waals surface area contributed by atoms with E-state index in [2.05, 4.69) is 73.3 Å². The third-order valence-corrected chi connectivity index (χ3v) is 6.47. The molecule has 4 nitrogen and oxygen atoms in total. The number of carbonyl (C=O) groups is 1. The van der Waals surface area contributed by atoms with Gasteiger partial charge in [0.1, 0.15) is 5.75 Å². The molecule has 0 aliphatic rings. The minimum absolute atomic E-state index is 0.0703. The molecule has 0 spiro atoms. The van der Waals surface area contributed by atoms with Crippen molar-refractivity contribution < 1.29 is 9.53 Å². The Morgan fingerprint density at radius 3 is 2.26 bits per heavy atom. The fourth-order valence-electron chi connectivity index (χ4n) is 4.55. The van der Waals surface area contributed by atoms with Gasteiger partial charge in [-0.3, -0.25) is 4.79 Å². The van der Waals surface area contributed by atoms with Crippen LogP contribution in [0, 0.1) is 5.41 Å². The molecule has 1 heterocycles. The van der Waals surface area contributed by atoms with E-state index in [4.69, 9.17) is 4.74 Å². The van der Waals surface area contributed by atoms with Gasteiger partial charge in [0.15, 0.2) is 0 Å². The second-order valence-electron chi connectivity index (χ2n) is 9.96. The molecule has 0 bridgehead atoms. The number of amides is 1. The van der Waals surface area contributed by atoms with E-state index in [1.807, 2.05) is 42.5 Å². The zero-order valence-electron chi connectivity index (χ0n) is 20.5. The third kappa shape index (κ3) is 5.51. The van der Waals surface area contributed by atoms with Crippen LogP contribution in [-0.2, 0) is 17.9 Å². The summed E-state index contributed by atoms with van der Waals surface area (Å²) in [5.41, 5.74) is 4.66. The van der Waals surface area contributed by atoms with Gasteiger partial charge in [0.2, 0.25) is 5.91 Å². The summed E-state index contributed by atoms with van der Waals surface area (Å²) < 4.78 is 7.60. The molecule has 1 aromatic heterocycles. The quantitative estimate of drug-likeness (QED) is 0.329. The molecule has 1 N–H and O–H groups in total. The van der Waals surface area contributed by atoms with Crippen molar-refractivity contribution in [3.8, 4) is 5.75 Å². The number of nitrogens with one attached hydrogen (secondary N) is 1. The molecule has 4 rings (SSSR count). The lowest BCUT2D eigenvalue weighted by Gasteiger charge is -2.30. The number of aromatic nitrogens is 1. The number of methoxy groups -OCH3 is 1. The Labute approximate surface area is 202 Å². The largest absolute Gasteiger partial charge is 0.497 e. The van der Waals surface area contributed by atoms with Gasteiger partial charge in [-0.1, -0.05) is 81.4 Å². The van der Waals surface area contributed by atoms with E-state index in [0.717, 1.165) is 17.9 Å². The number of para-hydroxylation sites is 1. The van der Waals surface area contributed by atoms with Gasteiger partial charge in [0.25, 0.3) is 0 Å². The highest BCUT2D eigenvalue weighted by Crippen LogP contribution is 2.41. The van der Waals surface area contributed by atoms with Crippen molar-refractivity contribution >= 4 is 16.8 Å². The summed E-state index contributed by atoms with van der Waals surface area (Å²) in [7, 11) is 1.68. The van der Waals surface area contributed by atoms with Crippen LogP contribution in [0.4, 0.5) is 0 Å². The minimum Gasteiger partial charge on any atom is -0.497 e. The predicted octanol–water partition coefficient (Wildman–Crippen LogP) is 6.53. The number of ether oxygens (including phenoxy) is 1. The zero-order valence-corrected chi connectivity index (χ0v) is 20.5. The molecule has 0 saturated heterocycles. The van der Waals surface area contributed by atoms with E-state index in [9.17, 15) is 4.79 Å². The zero-order chi connectivity index (χ0) is 24.1. The van der Waals surface area contributed by atoms with Crippen molar-refractivity contribution in [2.24, 2.45) is 5.41 Å². The van der Waals surface area contributed by atoms with Crippen molar-refractivity contribution in [3.63, 3.8) is 0 Å². The molecule has 3 aromatic carbocycles. The molecule has 34 heavy (non-hydrogen) atoms. The molecule has 1 amide bonds. The van der Waals surface area contributed by atoms with Crippen LogP contribution in [0.15, 0.2) is 85.1 Å². The molecule has 0 aliphatic carbocycles. The van der Waals surface area contributed by atoms with Crippen LogP contribution >= 0.6 is 0 Å². The van der Waals surface area contributed by atoms with Crippen LogP contribution in [0.2, 0.25) is 0 Å². The molecule has 0 saturated carbocycles. The second-order valence-corrected chi connectivity index (χ2v) is 9.96. The Hall–Kier alpha value is -3.53. The summed E-state index contributed by atoms with van der Waals surface area (Å²) in [5.74, 6) is 1.03. The molecule has 0 aliphatic heterocycles. The molecule has 4 heteroatoms. The first-order chi connectivity index (χ1) is 16.3. The van der Waals surface area contributed by atoms with E-state index < -0.39 is 0 Å². The van der Waals surface area contributed by atoms with Gasteiger partial charge in [0.05, 0.1) is 7.11 Å². The van der Waals surface area contributed by atoms with Crippen LogP contribution in [0.3, 0.4) is 0 Å². The molecule has 1 atom stereocenters. The summed E-state index contributed by atoms with van der Waals surface area (Å²) in [5, 5.41) is 4.33. The highest BCUT2D eigenvalue weighted by Gasteiger charge is 2.31. The maximum Gasteiger partial charge on any atom is 0.220 e. The lowest BCUT2D eigenvalue weighted by Crippen LogP contribution is -2.29. The summed E-state index contributed by atoms with van der Waals surface area (Å²) >= 11 is 0. The average molecular weight is 455 g/mol. The summed E-state index contributed by atoms with van der Waals surface area (Å²) in [6.07, 6.45) is 2.70. The first kappa shape index (κ1) is 23.6. The average Bonchev–Trinajstić information content (AvgIpc) is 3.19. The molecule has 176 valence electrons. The first-order valence-corrected chi connectivity index (χ1v) is 11.9. The number of hydrogen-bond donors (Lipinski definition) is 1. The lowest BCUT2D eigenvalue weighted by molar-refractivity contribution is -0.122. The van der Waals surface area contributed by atoms with Crippen molar-refractivity contribution in [1.82, 2.24) is 9.88 Å². The fourth-order valence-corrected chi connectivity index (χ4v) is 4.55. The van der Waals surface area contributed by atoms with Gasteiger partial charge >= 0.3 is 0 Å². The Kier molecular flexibility index (Phi) is 7.06. The van der Waals surface area contributed by atoms with Gasteiger partial charge in [-0.05, 0) is 46.2 Å². The molecule has 4 aromatic rings. The van der Waals surface area contributed by atoms with Gasteiger partial charge < -0.3 is 14.6 Å². The van der Waals surface area contributed by atoms with Crippen molar-refractivity contribution in [2.75, 3.05) is 7.11 Å². The van der Waals surface area contributed by atoms with E-state index in [-0.39, 0.29) is 17.2 Å². The molecule has 0 fully saturated rings. The van der Waals surface area contributed by atoms with Gasteiger partial charge in [-0.2, -0.15) is 0 Å². The van der Waals surface area contributed by atoms with Gasteiger partial charge in [0, 0.05) is 36.6 Å². The van der Waals surface area contributed by atoms with Crippen LogP contribution in [0.25, 0.3) is 10.9 Å². The SMILES string of the molecule is COc1ccc(Cn2cc([C@@H](CC(=O)NCc3ccccc3)C(C)(C)C)c3ccccc32)cc1. The monoisotopic (exact) mass is 454 g/mol. The van der Waals surface area contributed by atoms with Crippen molar-refractivity contribution in [2.45, 2.75) is 46.2 Å². The molecular weight excluding hydrogens is 420 g/mol. The molecule has 0 unspecified atom stereocenters. The number of benzene rings is 3. The van der Waals surface area contributed by atoms with Crippen molar-refractivity contribution in [1.29, 1.82) is 0 Å². The minimum atomic E-state index is -0.0703. The summed E-state index contributed by atoms with van der Waals surface area (Å²) in [6, 6.07) is 26.8. The lowest BCUT2D eigenvalue weighted by atomic mass is 9.74. The number of rotatable bonds is 8. The molecular formula is C30H34N2O2. The maximum atomic E-state index is 13.0. The van der Waals surface area contributed by atoms with Crippen molar-refractivity contribution in [3.05, 3.63) is 102 Å². The number of hydrogen-bond acceptors (Lipinski definition) is 2. The Morgan fingerprint density at radius 2 is 1.59 bits per heavy atom. The highest BCUT2D eigenvalue weighted by atomic mass is 16.5. The number of fused-ring (bicyclic) bond motifs is 1. The standard InChI is InChI=1S/C30H34N2O2/c1-30(2,3)27(18-29(33)31-19-22-10-6-5-7-11-22)26-21-32(28-13-9-8-12-25(26)28)20-23-14-16-24(34-4)17-15-23/h5-17,21,27H,18-20H2,1-4H3,(H,31,33)/t27-/m1/s1. The van der Waals surface area contributed by atoms with Gasteiger partial charge in [-0.15, -0.1) is 0 Å². The number of nitrogens with zero attached hydrogens (tertiary/aromatic N) is 1. The van der Waals surface area contributed by atoms with E-state index in [1.165, 1.54) is 22.0 Å². The predicted molar refractivity (Wildman–Crippen MR) is 139 cm³/mol. The Morgan fingerprint density at radius 1 is 0.912 bits per heavy atom. The highest BCUT2D eigenvalue weighted by molar-refractivity contribution is 5.86. The molecule has 0 radical (unpaired) electrons. The second kappa shape index (κ2) is 10.2. The fraction of sp³-hybridized carbons (Fsp3) is 0.300. The van der Waals surface area contributed by atoms with E-state index in [0.29, 0.717) is 13.0 Å². The van der Waals surface area contributed by atoms with Crippen LogP contribution in [0.1, 0.15) is 49.8 Å². The van der Waals surface area contributed by atoms with E-state index in [1.54, 1.807) is 7.11 Å². The number of carbonyl (C=O) groups excluding carboxylic acids is 1. The third-order valence-electron chi connectivity index (χ3n) is 6.47. The van der Waals surface area contributed by atoms with Crippen LogP contribution < -0.4 is 10.1 Å². The van der Waals surface area contributed by atoms with Gasteiger partial charge in [-0.25, -0.2) is 0 Å². The van der Waals surface area contributed by atoms with Crippen LogP contribution in [0.5, 0.6) is 5.75 Å². The first-order valence-electron chi connectivity index (χ1n) is 11.9. The summed E-state index contributed by atoms with van der Waals surface area (Å²) in [4.78, 5) is 13.0. The smallest absolute Gasteiger partial charge is 0.220 e. The topological polar surface area (TPSA) is 43.3 Å². The van der Waals surface area contributed by atoms with Crippen LogP contribution in [-0.4, -0.2) is 17.6 Å².